The number of aromatic nitrogens is 2. The van der Waals surface area contributed by atoms with Crippen LogP contribution in [-0.4, -0.2) is 20.5 Å². The highest BCUT2D eigenvalue weighted by Crippen LogP contribution is 2.26. The molecule has 3 aromatic rings. The standard InChI is InChI=1S/C13H9ClN2O3/c1-7-4-5-16-8(6-7)11(13(17)18)15-12(16)9-2-3-10(14)19-9/h2-6H,1H3,(H,17,18). The molecule has 3 aromatic heterocycles. The predicted octanol–water partition coefficient (Wildman–Crippen LogP) is 3.25. The van der Waals surface area contributed by atoms with Crippen LogP contribution in [0.2, 0.25) is 5.22 Å². The van der Waals surface area contributed by atoms with Gasteiger partial charge in [-0.3, -0.25) is 4.40 Å². The van der Waals surface area contributed by atoms with Crippen molar-refractivity contribution in [2.45, 2.75) is 6.92 Å². The maximum Gasteiger partial charge on any atom is 0.356 e. The average molecular weight is 277 g/mol. The van der Waals surface area contributed by atoms with Gasteiger partial charge in [-0.05, 0) is 48.4 Å². The highest BCUT2D eigenvalue weighted by atomic mass is 35.5. The molecule has 96 valence electrons. The summed E-state index contributed by atoms with van der Waals surface area (Å²) in [6.45, 7) is 1.89. The van der Waals surface area contributed by atoms with Gasteiger partial charge in [-0.1, -0.05) is 0 Å². The van der Waals surface area contributed by atoms with Crippen molar-refractivity contribution in [1.82, 2.24) is 9.38 Å². The molecule has 0 bridgehead atoms. The molecule has 0 saturated carbocycles. The second-order valence-electron chi connectivity index (χ2n) is 4.15. The maximum absolute atomic E-state index is 11.2. The predicted molar refractivity (Wildman–Crippen MR) is 69.6 cm³/mol. The number of hydrogen-bond acceptors (Lipinski definition) is 3. The van der Waals surface area contributed by atoms with Crippen molar-refractivity contribution in [2.24, 2.45) is 0 Å². The van der Waals surface area contributed by atoms with Crippen molar-refractivity contribution in [3.63, 3.8) is 0 Å². The van der Waals surface area contributed by atoms with Crippen molar-refractivity contribution in [3.8, 4) is 11.6 Å². The summed E-state index contributed by atoms with van der Waals surface area (Å²) in [4.78, 5) is 15.4. The van der Waals surface area contributed by atoms with Gasteiger partial charge in [-0.2, -0.15) is 0 Å². The minimum atomic E-state index is -1.08. The van der Waals surface area contributed by atoms with Gasteiger partial charge in [0, 0.05) is 6.20 Å². The van der Waals surface area contributed by atoms with Crippen LogP contribution in [0, 0.1) is 6.92 Å². The fraction of sp³-hybridized carbons (Fsp3) is 0.0769. The van der Waals surface area contributed by atoms with E-state index in [1.807, 2.05) is 13.0 Å². The van der Waals surface area contributed by atoms with Crippen LogP contribution in [0.4, 0.5) is 0 Å². The minimum absolute atomic E-state index is 0.00813. The van der Waals surface area contributed by atoms with Gasteiger partial charge < -0.3 is 9.52 Å². The number of furan rings is 1. The normalized spacial score (nSPS) is 11.1. The first kappa shape index (κ1) is 11.8. The lowest BCUT2D eigenvalue weighted by molar-refractivity contribution is 0.0693. The fourth-order valence-electron chi connectivity index (χ4n) is 1.96. The fourth-order valence-corrected chi connectivity index (χ4v) is 2.10. The van der Waals surface area contributed by atoms with E-state index in [1.165, 1.54) is 0 Å². The smallest absolute Gasteiger partial charge is 0.356 e. The Bertz CT molecular complexity index is 788. The summed E-state index contributed by atoms with van der Waals surface area (Å²) >= 11 is 5.74. The molecule has 0 saturated heterocycles. The molecule has 0 fully saturated rings. The Hall–Kier alpha value is -2.27. The van der Waals surface area contributed by atoms with Crippen LogP contribution in [0.5, 0.6) is 0 Å². The quantitative estimate of drug-likeness (QED) is 0.780. The summed E-state index contributed by atoms with van der Waals surface area (Å²) in [5.74, 6) is -0.234. The number of nitrogens with zero attached hydrogens (tertiary/aromatic N) is 2. The molecule has 0 radical (unpaired) electrons. The van der Waals surface area contributed by atoms with Crippen LogP contribution in [0.25, 0.3) is 17.1 Å². The number of rotatable bonds is 2. The van der Waals surface area contributed by atoms with E-state index < -0.39 is 5.97 Å². The molecule has 0 aromatic carbocycles. The molecular weight excluding hydrogens is 268 g/mol. The van der Waals surface area contributed by atoms with Crippen molar-refractivity contribution in [3.05, 3.63) is 46.9 Å². The highest BCUT2D eigenvalue weighted by molar-refractivity contribution is 6.28. The molecule has 5 nitrogen and oxygen atoms in total. The lowest BCUT2D eigenvalue weighted by Crippen LogP contribution is -1.97. The van der Waals surface area contributed by atoms with Gasteiger partial charge in [0.2, 0.25) is 0 Å². The number of pyridine rings is 1. The average Bonchev–Trinajstić information content (AvgIpc) is 2.92. The van der Waals surface area contributed by atoms with Crippen molar-refractivity contribution in [2.75, 3.05) is 0 Å². The third kappa shape index (κ3) is 1.88. The molecular formula is C13H9ClN2O3. The second kappa shape index (κ2) is 4.13. The molecule has 0 unspecified atom stereocenters. The zero-order valence-electron chi connectivity index (χ0n) is 9.92. The molecule has 19 heavy (non-hydrogen) atoms. The van der Waals surface area contributed by atoms with E-state index in [4.69, 9.17) is 16.0 Å². The van der Waals surface area contributed by atoms with Gasteiger partial charge in [0.1, 0.15) is 0 Å². The molecule has 0 atom stereocenters. The van der Waals surface area contributed by atoms with E-state index >= 15 is 0 Å². The summed E-state index contributed by atoms with van der Waals surface area (Å²) in [6.07, 6.45) is 1.76. The maximum atomic E-state index is 11.2. The molecule has 0 aliphatic heterocycles. The Morgan fingerprint density at radius 3 is 2.84 bits per heavy atom. The van der Waals surface area contributed by atoms with E-state index in [9.17, 15) is 9.90 Å². The number of aromatic carboxylic acids is 1. The Balaban J connectivity index is 2.34. The first-order valence-electron chi connectivity index (χ1n) is 5.54. The molecule has 0 amide bonds. The lowest BCUT2D eigenvalue weighted by atomic mass is 10.2. The Kier molecular flexibility index (Phi) is 2.57. The third-order valence-electron chi connectivity index (χ3n) is 2.80. The molecule has 6 heteroatoms. The van der Waals surface area contributed by atoms with Crippen LogP contribution >= 0.6 is 11.6 Å². The Morgan fingerprint density at radius 2 is 2.21 bits per heavy atom. The minimum Gasteiger partial charge on any atom is -0.476 e. The van der Waals surface area contributed by atoms with Crippen LogP contribution in [0.15, 0.2) is 34.9 Å². The molecule has 3 rings (SSSR count). The van der Waals surface area contributed by atoms with E-state index in [-0.39, 0.29) is 10.9 Å². The largest absolute Gasteiger partial charge is 0.476 e. The number of carboxylic acid groups (broad SMARTS) is 1. The first-order valence-corrected chi connectivity index (χ1v) is 5.92. The van der Waals surface area contributed by atoms with Gasteiger partial charge in [-0.15, -0.1) is 0 Å². The number of carbonyl (C=O) groups is 1. The lowest BCUT2D eigenvalue weighted by Gasteiger charge is -1.99. The van der Waals surface area contributed by atoms with Crippen molar-refractivity contribution in [1.29, 1.82) is 0 Å². The number of imidazole rings is 1. The van der Waals surface area contributed by atoms with E-state index in [1.54, 1.807) is 28.8 Å². The van der Waals surface area contributed by atoms with Crippen molar-refractivity contribution < 1.29 is 14.3 Å². The summed E-state index contributed by atoms with van der Waals surface area (Å²) in [7, 11) is 0. The zero-order valence-corrected chi connectivity index (χ0v) is 10.7. The second-order valence-corrected chi connectivity index (χ2v) is 4.52. The molecule has 3 heterocycles. The van der Waals surface area contributed by atoms with E-state index in [0.29, 0.717) is 17.1 Å². The Morgan fingerprint density at radius 1 is 1.42 bits per heavy atom. The van der Waals surface area contributed by atoms with E-state index in [2.05, 4.69) is 4.98 Å². The molecule has 1 N–H and O–H groups in total. The summed E-state index contributed by atoms with van der Waals surface area (Å²) < 4.78 is 6.96. The van der Waals surface area contributed by atoms with Crippen LogP contribution < -0.4 is 0 Å². The van der Waals surface area contributed by atoms with Gasteiger partial charge >= 0.3 is 5.97 Å². The molecule has 0 aliphatic carbocycles. The van der Waals surface area contributed by atoms with Gasteiger partial charge in [0.25, 0.3) is 0 Å². The number of aryl methyl sites for hydroxylation is 1. The number of carboxylic acids is 1. The summed E-state index contributed by atoms with van der Waals surface area (Å²) in [5, 5.41) is 9.44. The summed E-state index contributed by atoms with van der Waals surface area (Å²) in [6, 6.07) is 6.88. The van der Waals surface area contributed by atoms with Crippen LogP contribution in [0.3, 0.4) is 0 Å². The van der Waals surface area contributed by atoms with E-state index in [0.717, 1.165) is 5.56 Å². The number of fused-ring (bicyclic) bond motifs is 1. The van der Waals surface area contributed by atoms with Crippen LogP contribution in [-0.2, 0) is 0 Å². The third-order valence-corrected chi connectivity index (χ3v) is 3.00. The summed E-state index contributed by atoms with van der Waals surface area (Å²) in [5.41, 5.74) is 1.47. The molecule has 0 spiro atoms. The highest BCUT2D eigenvalue weighted by Gasteiger charge is 2.19. The van der Waals surface area contributed by atoms with Gasteiger partial charge in [0.05, 0.1) is 5.52 Å². The molecule has 0 aliphatic rings. The first-order chi connectivity index (χ1) is 9.06. The Labute approximate surface area is 113 Å². The van der Waals surface area contributed by atoms with Crippen molar-refractivity contribution >= 4 is 23.1 Å². The zero-order chi connectivity index (χ0) is 13.6. The van der Waals surface area contributed by atoms with Gasteiger partial charge in [0.15, 0.2) is 22.5 Å². The SMILES string of the molecule is Cc1ccn2c(-c3ccc(Cl)o3)nc(C(=O)O)c2c1. The number of hydrogen-bond donors (Lipinski definition) is 1. The van der Waals surface area contributed by atoms with Gasteiger partial charge in [-0.25, -0.2) is 9.78 Å². The number of halogens is 1. The topological polar surface area (TPSA) is 67.7 Å². The monoisotopic (exact) mass is 276 g/mol. The van der Waals surface area contributed by atoms with Crippen LogP contribution in [0.1, 0.15) is 16.1 Å².